The topological polar surface area (TPSA) is 69.6 Å². The van der Waals surface area contributed by atoms with Crippen molar-refractivity contribution in [2.75, 3.05) is 5.48 Å². The van der Waals surface area contributed by atoms with Crippen LogP contribution in [0.15, 0.2) is 24.3 Å². The third-order valence-corrected chi connectivity index (χ3v) is 1.24. The predicted molar refractivity (Wildman–Crippen MR) is 38.8 cm³/mol. The summed E-state index contributed by atoms with van der Waals surface area (Å²) < 4.78 is 0. The van der Waals surface area contributed by atoms with E-state index in [1.54, 1.807) is 12.1 Å². The van der Waals surface area contributed by atoms with Crippen LogP contribution < -0.4 is 5.48 Å². The molecule has 4 heteroatoms. The van der Waals surface area contributed by atoms with Crippen LogP contribution in [0.2, 0.25) is 0 Å². The quantitative estimate of drug-likeness (QED) is 0.558. The van der Waals surface area contributed by atoms with Crippen LogP contribution in [0.5, 0.6) is 0 Å². The van der Waals surface area contributed by atoms with Gasteiger partial charge in [-0.05, 0) is 18.2 Å². The maximum atomic E-state index is 10.4. The summed E-state index contributed by atoms with van der Waals surface area (Å²) in [6.07, 6.45) is 0. The largest absolute Gasteiger partial charge is 0.478 e. The maximum Gasteiger partial charge on any atom is 0.335 e. The van der Waals surface area contributed by atoms with Gasteiger partial charge in [-0.15, -0.1) is 0 Å². The summed E-state index contributed by atoms with van der Waals surface area (Å²) in [7, 11) is 0. The van der Waals surface area contributed by atoms with Gasteiger partial charge in [0.15, 0.2) is 0 Å². The summed E-state index contributed by atoms with van der Waals surface area (Å²) in [6.45, 7) is 0. The molecule has 11 heavy (non-hydrogen) atoms. The molecule has 0 unspecified atom stereocenters. The van der Waals surface area contributed by atoms with Crippen molar-refractivity contribution in [3.05, 3.63) is 29.8 Å². The van der Waals surface area contributed by atoms with Gasteiger partial charge in [-0.25, -0.2) is 4.79 Å². The van der Waals surface area contributed by atoms with E-state index in [0.29, 0.717) is 5.69 Å². The van der Waals surface area contributed by atoms with Crippen molar-refractivity contribution in [3.8, 4) is 0 Å². The minimum atomic E-state index is -1.01. The third-order valence-electron chi connectivity index (χ3n) is 1.24. The second-order valence-corrected chi connectivity index (χ2v) is 2.00. The predicted octanol–water partition coefficient (Wildman–Crippen LogP) is 1.19. The summed E-state index contributed by atoms with van der Waals surface area (Å²) in [5.41, 5.74) is 2.37. The van der Waals surface area contributed by atoms with Gasteiger partial charge in [0.05, 0.1) is 11.3 Å². The molecule has 0 aliphatic rings. The zero-order valence-corrected chi connectivity index (χ0v) is 5.61. The number of rotatable bonds is 2. The van der Waals surface area contributed by atoms with Crippen LogP contribution in [0.3, 0.4) is 0 Å². The summed E-state index contributed by atoms with van der Waals surface area (Å²) in [4.78, 5) is 10.4. The number of anilines is 1. The zero-order valence-electron chi connectivity index (χ0n) is 5.61. The molecular weight excluding hydrogens is 146 g/mol. The highest BCUT2D eigenvalue weighted by Crippen LogP contribution is 2.08. The highest BCUT2D eigenvalue weighted by Gasteiger charge is 2.01. The second-order valence-electron chi connectivity index (χ2n) is 2.00. The minimum absolute atomic E-state index is 0.143. The number of aromatic carboxylic acids is 1. The molecule has 0 aliphatic carbocycles. The molecule has 58 valence electrons. The molecule has 1 rings (SSSR count). The number of benzene rings is 1. The first-order valence-electron chi connectivity index (χ1n) is 2.97. The number of hydrogen-bond acceptors (Lipinski definition) is 3. The van der Waals surface area contributed by atoms with Crippen molar-refractivity contribution in [2.45, 2.75) is 0 Å². The van der Waals surface area contributed by atoms with Gasteiger partial charge >= 0.3 is 5.97 Å². The van der Waals surface area contributed by atoms with E-state index in [0.717, 1.165) is 0 Å². The Hall–Kier alpha value is -1.55. The lowest BCUT2D eigenvalue weighted by molar-refractivity contribution is 0.0697. The van der Waals surface area contributed by atoms with Crippen LogP contribution in [-0.4, -0.2) is 16.3 Å². The molecule has 0 spiro atoms. The molecule has 0 aromatic heterocycles. The van der Waals surface area contributed by atoms with Gasteiger partial charge in [0.2, 0.25) is 0 Å². The van der Waals surface area contributed by atoms with Crippen molar-refractivity contribution < 1.29 is 15.1 Å². The summed E-state index contributed by atoms with van der Waals surface area (Å²) in [5, 5.41) is 16.9. The van der Waals surface area contributed by atoms with Crippen LogP contribution in [0.4, 0.5) is 5.69 Å². The molecule has 1 aromatic rings. The van der Waals surface area contributed by atoms with E-state index in [1.807, 2.05) is 5.48 Å². The number of nitrogens with one attached hydrogen (secondary N) is 1. The number of carbonyl (C=O) groups is 1. The van der Waals surface area contributed by atoms with Gasteiger partial charge in [-0.2, -0.15) is 0 Å². The lowest BCUT2D eigenvalue weighted by Gasteiger charge is -1.98. The van der Waals surface area contributed by atoms with Crippen LogP contribution >= 0.6 is 0 Å². The molecular formula is C7H7NO3. The number of carboxylic acids is 1. The standard InChI is InChI=1S/C7H7NO3/c9-7(10)5-2-1-3-6(4-5)8-11/h1-4,8,11H,(H,9,10). The highest BCUT2D eigenvalue weighted by molar-refractivity contribution is 5.88. The van der Waals surface area contributed by atoms with E-state index in [4.69, 9.17) is 10.3 Å². The van der Waals surface area contributed by atoms with Crippen molar-refractivity contribution >= 4 is 11.7 Å². The van der Waals surface area contributed by atoms with E-state index in [9.17, 15) is 4.79 Å². The van der Waals surface area contributed by atoms with E-state index >= 15 is 0 Å². The Bertz CT molecular complexity index is 272. The van der Waals surface area contributed by atoms with E-state index in [1.165, 1.54) is 12.1 Å². The molecule has 0 fully saturated rings. The average molecular weight is 153 g/mol. The van der Waals surface area contributed by atoms with Crippen molar-refractivity contribution in [1.82, 2.24) is 0 Å². The molecule has 0 saturated heterocycles. The molecule has 0 atom stereocenters. The Labute approximate surface area is 63.1 Å². The fourth-order valence-corrected chi connectivity index (χ4v) is 0.722. The van der Waals surface area contributed by atoms with E-state index in [2.05, 4.69) is 0 Å². The Balaban J connectivity index is 3.01. The van der Waals surface area contributed by atoms with Gasteiger partial charge in [0.25, 0.3) is 0 Å². The van der Waals surface area contributed by atoms with E-state index < -0.39 is 5.97 Å². The zero-order chi connectivity index (χ0) is 8.27. The SMILES string of the molecule is O=C(O)c1cccc(NO)c1. The second kappa shape index (κ2) is 3.03. The summed E-state index contributed by atoms with van der Waals surface area (Å²) in [5.74, 6) is -1.01. The summed E-state index contributed by atoms with van der Waals surface area (Å²) in [6, 6.07) is 5.89. The molecule has 3 N–H and O–H groups in total. The van der Waals surface area contributed by atoms with E-state index in [-0.39, 0.29) is 5.56 Å². The molecule has 0 radical (unpaired) electrons. The summed E-state index contributed by atoms with van der Waals surface area (Å²) >= 11 is 0. The molecule has 0 aliphatic heterocycles. The third kappa shape index (κ3) is 1.68. The first kappa shape index (κ1) is 7.56. The average Bonchev–Trinajstić information content (AvgIpc) is 2.05. The molecule has 1 aromatic carbocycles. The van der Waals surface area contributed by atoms with Crippen molar-refractivity contribution in [3.63, 3.8) is 0 Å². The Morgan fingerprint density at radius 1 is 1.45 bits per heavy atom. The minimum Gasteiger partial charge on any atom is -0.478 e. The monoisotopic (exact) mass is 153 g/mol. The first-order chi connectivity index (χ1) is 5.24. The fraction of sp³-hybridized carbons (Fsp3) is 0. The first-order valence-corrected chi connectivity index (χ1v) is 2.97. The molecule has 0 amide bonds. The normalized spacial score (nSPS) is 9.18. The lowest BCUT2D eigenvalue weighted by Crippen LogP contribution is -1.97. The highest BCUT2D eigenvalue weighted by atomic mass is 16.5. The Kier molecular flexibility index (Phi) is 2.08. The Morgan fingerprint density at radius 2 is 2.18 bits per heavy atom. The molecule has 4 nitrogen and oxygen atoms in total. The van der Waals surface area contributed by atoms with Crippen LogP contribution in [-0.2, 0) is 0 Å². The van der Waals surface area contributed by atoms with Crippen LogP contribution in [0.25, 0.3) is 0 Å². The van der Waals surface area contributed by atoms with Crippen molar-refractivity contribution in [1.29, 1.82) is 0 Å². The maximum absolute atomic E-state index is 10.4. The molecule has 0 bridgehead atoms. The van der Waals surface area contributed by atoms with Gasteiger partial charge < -0.3 is 5.11 Å². The Morgan fingerprint density at radius 3 is 2.73 bits per heavy atom. The van der Waals surface area contributed by atoms with Crippen LogP contribution in [0.1, 0.15) is 10.4 Å². The van der Waals surface area contributed by atoms with Crippen LogP contribution in [0, 0.1) is 0 Å². The molecule has 0 saturated carbocycles. The fourth-order valence-electron chi connectivity index (χ4n) is 0.722. The van der Waals surface area contributed by atoms with Gasteiger partial charge in [-0.3, -0.25) is 10.7 Å². The smallest absolute Gasteiger partial charge is 0.335 e. The van der Waals surface area contributed by atoms with Gasteiger partial charge in [0.1, 0.15) is 0 Å². The number of hydrogen-bond donors (Lipinski definition) is 3. The number of carboxylic acid groups (broad SMARTS) is 1. The van der Waals surface area contributed by atoms with Gasteiger partial charge in [-0.1, -0.05) is 6.07 Å². The van der Waals surface area contributed by atoms with Crippen molar-refractivity contribution in [2.24, 2.45) is 0 Å². The molecule has 0 heterocycles. The van der Waals surface area contributed by atoms with Gasteiger partial charge in [0, 0.05) is 0 Å². The lowest BCUT2D eigenvalue weighted by atomic mass is 10.2.